The molecule has 3 heteroatoms. The highest BCUT2D eigenvalue weighted by Gasteiger charge is 2.46. The first-order valence-electron chi connectivity index (χ1n) is 9.84. The van der Waals surface area contributed by atoms with Crippen LogP contribution >= 0.6 is 0 Å². The van der Waals surface area contributed by atoms with Gasteiger partial charge < -0.3 is 10.6 Å². The number of carbonyl (C=O) groups excluding carboxylic acids is 1. The second-order valence-corrected chi connectivity index (χ2v) is 7.87. The number of carbonyl (C=O) groups is 1. The van der Waals surface area contributed by atoms with E-state index in [0.717, 1.165) is 38.8 Å². The van der Waals surface area contributed by atoms with E-state index in [2.05, 4.69) is 60.4 Å². The van der Waals surface area contributed by atoms with Crippen LogP contribution in [-0.4, -0.2) is 29.9 Å². The van der Waals surface area contributed by atoms with Crippen molar-refractivity contribution in [2.75, 3.05) is 13.1 Å². The molecule has 1 aliphatic heterocycles. The summed E-state index contributed by atoms with van der Waals surface area (Å²) in [5.74, 6) is 0.840. The van der Waals surface area contributed by atoms with Crippen molar-refractivity contribution in [3.05, 3.63) is 59.7 Å². The number of amides is 1. The van der Waals surface area contributed by atoms with Gasteiger partial charge in [-0.05, 0) is 60.8 Å². The Hall–Kier alpha value is -2.13. The first kappa shape index (κ1) is 17.3. The Bertz CT molecular complexity index is 786. The zero-order valence-electron chi connectivity index (χ0n) is 15.5. The van der Waals surface area contributed by atoms with E-state index in [9.17, 15) is 4.79 Å². The predicted molar refractivity (Wildman–Crippen MR) is 106 cm³/mol. The van der Waals surface area contributed by atoms with Crippen molar-refractivity contribution in [3.63, 3.8) is 0 Å². The summed E-state index contributed by atoms with van der Waals surface area (Å²) in [5, 5.41) is 0. The second kappa shape index (κ2) is 7.24. The highest BCUT2D eigenvalue weighted by Crippen LogP contribution is 2.51. The van der Waals surface area contributed by atoms with Crippen LogP contribution in [0, 0.1) is 12.8 Å². The van der Waals surface area contributed by atoms with Crippen LogP contribution in [0.1, 0.15) is 42.7 Å². The van der Waals surface area contributed by atoms with Crippen LogP contribution in [0.25, 0.3) is 11.1 Å². The highest BCUT2D eigenvalue weighted by molar-refractivity contribution is 5.84. The fourth-order valence-electron chi connectivity index (χ4n) is 4.39. The van der Waals surface area contributed by atoms with E-state index >= 15 is 0 Å². The van der Waals surface area contributed by atoms with Gasteiger partial charge in [-0.2, -0.15) is 0 Å². The number of benzene rings is 2. The SMILES string of the molecule is Cc1cccc(C2CC2C(=O)N2CCCC(N)CC2)c1-c1ccccc1. The minimum absolute atomic E-state index is 0.147. The molecule has 0 spiro atoms. The summed E-state index contributed by atoms with van der Waals surface area (Å²) in [6.45, 7) is 3.86. The molecule has 1 saturated carbocycles. The van der Waals surface area contributed by atoms with E-state index in [-0.39, 0.29) is 12.0 Å². The lowest BCUT2D eigenvalue weighted by Gasteiger charge is -2.21. The Morgan fingerprint density at radius 1 is 1.04 bits per heavy atom. The molecular formula is C23H28N2O. The van der Waals surface area contributed by atoms with E-state index in [1.165, 1.54) is 22.3 Å². The molecule has 3 nitrogen and oxygen atoms in total. The van der Waals surface area contributed by atoms with Gasteiger partial charge in [-0.15, -0.1) is 0 Å². The molecule has 1 saturated heterocycles. The Balaban J connectivity index is 1.55. The number of hydrogen-bond acceptors (Lipinski definition) is 2. The molecule has 1 aliphatic carbocycles. The van der Waals surface area contributed by atoms with Gasteiger partial charge >= 0.3 is 0 Å². The van der Waals surface area contributed by atoms with Gasteiger partial charge in [0.25, 0.3) is 0 Å². The standard InChI is InChI=1S/C23H28N2O/c1-16-7-5-11-19(22(16)17-8-3-2-4-9-17)20-15-21(20)23(26)25-13-6-10-18(24)12-14-25/h2-5,7-9,11,18,20-21H,6,10,12-15,24H2,1H3. The van der Waals surface area contributed by atoms with Crippen LogP contribution in [0.5, 0.6) is 0 Å². The minimum Gasteiger partial charge on any atom is -0.342 e. The fourth-order valence-corrected chi connectivity index (χ4v) is 4.39. The number of nitrogens with two attached hydrogens (primary N) is 1. The minimum atomic E-state index is 0.147. The molecule has 4 rings (SSSR count). The average Bonchev–Trinajstić information content (AvgIpc) is 3.46. The normalized spacial score (nSPS) is 25.6. The molecule has 3 unspecified atom stereocenters. The number of aryl methyl sites for hydroxylation is 1. The smallest absolute Gasteiger partial charge is 0.226 e. The summed E-state index contributed by atoms with van der Waals surface area (Å²) in [4.78, 5) is 15.1. The fraction of sp³-hybridized carbons (Fsp3) is 0.435. The molecule has 2 aromatic carbocycles. The number of likely N-dealkylation sites (tertiary alicyclic amines) is 1. The van der Waals surface area contributed by atoms with E-state index in [1.807, 2.05) is 0 Å². The summed E-state index contributed by atoms with van der Waals surface area (Å²) >= 11 is 0. The maximum absolute atomic E-state index is 13.0. The molecule has 3 atom stereocenters. The molecule has 1 amide bonds. The topological polar surface area (TPSA) is 46.3 Å². The summed E-state index contributed by atoms with van der Waals surface area (Å²) in [6, 6.07) is 17.3. The number of rotatable bonds is 3. The molecule has 2 aromatic rings. The Labute approximate surface area is 156 Å². The van der Waals surface area contributed by atoms with Gasteiger partial charge in [0.05, 0.1) is 0 Å². The van der Waals surface area contributed by atoms with Crippen molar-refractivity contribution in [2.24, 2.45) is 11.7 Å². The Kier molecular flexibility index (Phi) is 4.82. The van der Waals surface area contributed by atoms with Crippen LogP contribution in [0.3, 0.4) is 0 Å². The molecule has 1 heterocycles. The lowest BCUT2D eigenvalue weighted by molar-refractivity contribution is -0.132. The Morgan fingerprint density at radius 2 is 1.85 bits per heavy atom. The van der Waals surface area contributed by atoms with Crippen LogP contribution in [0.4, 0.5) is 0 Å². The van der Waals surface area contributed by atoms with Gasteiger partial charge in [-0.3, -0.25) is 4.79 Å². The predicted octanol–water partition coefficient (Wildman–Crippen LogP) is 4.11. The zero-order chi connectivity index (χ0) is 18.1. The largest absolute Gasteiger partial charge is 0.342 e. The average molecular weight is 348 g/mol. The van der Waals surface area contributed by atoms with Crippen LogP contribution in [0.15, 0.2) is 48.5 Å². The summed E-state index contributed by atoms with van der Waals surface area (Å²) in [5.41, 5.74) is 11.3. The van der Waals surface area contributed by atoms with Crippen molar-refractivity contribution in [2.45, 2.75) is 44.6 Å². The summed E-state index contributed by atoms with van der Waals surface area (Å²) in [7, 11) is 0. The third-order valence-electron chi connectivity index (χ3n) is 5.96. The van der Waals surface area contributed by atoms with Gasteiger partial charge in [0.2, 0.25) is 5.91 Å². The highest BCUT2D eigenvalue weighted by atomic mass is 16.2. The molecule has 2 N–H and O–H groups in total. The first-order valence-corrected chi connectivity index (χ1v) is 9.84. The molecular weight excluding hydrogens is 320 g/mol. The summed E-state index contributed by atoms with van der Waals surface area (Å²) in [6.07, 6.45) is 3.98. The van der Waals surface area contributed by atoms with Gasteiger partial charge in [0, 0.05) is 25.0 Å². The van der Waals surface area contributed by atoms with E-state index in [1.54, 1.807) is 0 Å². The lowest BCUT2D eigenvalue weighted by atomic mass is 9.92. The quantitative estimate of drug-likeness (QED) is 0.907. The zero-order valence-corrected chi connectivity index (χ0v) is 15.5. The molecule has 26 heavy (non-hydrogen) atoms. The van der Waals surface area contributed by atoms with Crippen LogP contribution in [-0.2, 0) is 4.79 Å². The lowest BCUT2D eigenvalue weighted by Crippen LogP contribution is -2.34. The second-order valence-electron chi connectivity index (χ2n) is 7.87. The van der Waals surface area contributed by atoms with Crippen molar-refractivity contribution >= 4 is 5.91 Å². The monoisotopic (exact) mass is 348 g/mol. The van der Waals surface area contributed by atoms with Gasteiger partial charge in [0.15, 0.2) is 0 Å². The maximum Gasteiger partial charge on any atom is 0.226 e. The molecule has 0 bridgehead atoms. The molecule has 0 aromatic heterocycles. The van der Waals surface area contributed by atoms with Gasteiger partial charge in [-0.1, -0.05) is 48.5 Å². The third kappa shape index (κ3) is 3.41. The van der Waals surface area contributed by atoms with Crippen LogP contribution < -0.4 is 5.73 Å². The van der Waals surface area contributed by atoms with Crippen molar-refractivity contribution < 1.29 is 4.79 Å². The van der Waals surface area contributed by atoms with Crippen LogP contribution in [0.2, 0.25) is 0 Å². The maximum atomic E-state index is 13.0. The van der Waals surface area contributed by atoms with Crippen molar-refractivity contribution in [3.8, 4) is 11.1 Å². The van der Waals surface area contributed by atoms with Gasteiger partial charge in [0.1, 0.15) is 0 Å². The number of hydrogen-bond donors (Lipinski definition) is 1. The van der Waals surface area contributed by atoms with E-state index in [4.69, 9.17) is 5.73 Å². The summed E-state index contributed by atoms with van der Waals surface area (Å²) < 4.78 is 0. The third-order valence-corrected chi connectivity index (χ3v) is 5.96. The molecule has 2 aliphatic rings. The molecule has 2 fully saturated rings. The van der Waals surface area contributed by atoms with Gasteiger partial charge in [-0.25, -0.2) is 0 Å². The Morgan fingerprint density at radius 3 is 2.65 bits per heavy atom. The molecule has 136 valence electrons. The van der Waals surface area contributed by atoms with E-state index < -0.39 is 0 Å². The van der Waals surface area contributed by atoms with E-state index in [0.29, 0.717) is 11.8 Å². The first-order chi connectivity index (χ1) is 12.6. The van der Waals surface area contributed by atoms with Crippen molar-refractivity contribution in [1.29, 1.82) is 0 Å². The van der Waals surface area contributed by atoms with Crippen molar-refractivity contribution in [1.82, 2.24) is 4.90 Å². The molecule has 0 radical (unpaired) electrons. The number of nitrogens with zero attached hydrogens (tertiary/aromatic N) is 1.